The van der Waals surface area contributed by atoms with E-state index in [2.05, 4.69) is 44.4 Å². The topological polar surface area (TPSA) is 145 Å². The zero-order chi connectivity index (χ0) is 37.9. The van der Waals surface area contributed by atoms with Crippen LogP contribution in [0.15, 0.2) is 71.4 Å². The summed E-state index contributed by atoms with van der Waals surface area (Å²) in [7, 11) is 1.58. The van der Waals surface area contributed by atoms with Gasteiger partial charge in [-0.1, -0.05) is 63.3 Å². The highest BCUT2D eigenvalue weighted by Crippen LogP contribution is 2.47. The van der Waals surface area contributed by atoms with E-state index in [-0.39, 0.29) is 36.9 Å². The standard InChI is InChI=1S/C42H58N2O9/c1-7-35-25(2)16-18-41(53-35)23-33-22-32(52-41)15-14-27(4)37(49-19-17-29-11-9-13-31(21-29)44-40(47)43-6)26(3)10-8-12-30-24-50-38-36(45)28(5)20-34(39(46)51-33)42(30,38)48/h8-14,20-21,25-26,32-38,45,48H,7,15-19,22-24H2,1-6H3,(H2,43,44,47)/b10-8+,27-14+,30-12+/t25-,26-,32+,33-,34-,35+,36+,37+,38-,41+,42+/m0/s1. The Kier molecular flexibility index (Phi) is 12.3. The number of carbonyl (C=O) groups excluding carboxylic acids is 2. The highest BCUT2D eigenvalue weighted by Gasteiger charge is 2.60. The van der Waals surface area contributed by atoms with Gasteiger partial charge in [0.25, 0.3) is 0 Å². The van der Waals surface area contributed by atoms with Gasteiger partial charge in [-0.3, -0.25) is 4.79 Å². The summed E-state index contributed by atoms with van der Waals surface area (Å²) in [5.74, 6) is -2.15. The van der Waals surface area contributed by atoms with E-state index in [1.807, 2.05) is 36.4 Å². The maximum Gasteiger partial charge on any atom is 0.318 e. The molecule has 2 bridgehead atoms. The lowest BCUT2D eigenvalue weighted by atomic mass is 9.71. The van der Waals surface area contributed by atoms with Crippen LogP contribution < -0.4 is 10.6 Å². The first kappa shape index (κ1) is 39.4. The van der Waals surface area contributed by atoms with Gasteiger partial charge in [-0.15, -0.1) is 0 Å². The fourth-order valence-electron chi connectivity index (χ4n) is 8.75. The maximum absolute atomic E-state index is 14.2. The number of anilines is 1. The van der Waals surface area contributed by atoms with Gasteiger partial charge in [0.05, 0.1) is 31.5 Å². The summed E-state index contributed by atoms with van der Waals surface area (Å²) in [6, 6.07) is 7.44. The van der Waals surface area contributed by atoms with Gasteiger partial charge in [0.2, 0.25) is 0 Å². The molecule has 0 aromatic heterocycles. The van der Waals surface area contributed by atoms with Crippen molar-refractivity contribution in [3.05, 3.63) is 76.9 Å². The number of esters is 1. The fraction of sp³-hybridized carbons (Fsp3) is 0.619. The largest absolute Gasteiger partial charge is 0.462 e. The van der Waals surface area contributed by atoms with E-state index in [1.54, 1.807) is 26.1 Å². The average Bonchev–Trinajstić information content (AvgIpc) is 3.47. The summed E-state index contributed by atoms with van der Waals surface area (Å²) >= 11 is 0. The Balaban J connectivity index is 1.31. The molecule has 4 heterocycles. The summed E-state index contributed by atoms with van der Waals surface area (Å²) in [4.78, 5) is 26.0. The van der Waals surface area contributed by atoms with Crippen LogP contribution in [0.5, 0.6) is 0 Å². The molecule has 11 nitrogen and oxygen atoms in total. The lowest BCUT2D eigenvalue weighted by molar-refractivity contribution is -0.335. The first-order valence-electron chi connectivity index (χ1n) is 19.4. The molecule has 4 N–H and O–H groups in total. The van der Waals surface area contributed by atoms with E-state index in [1.165, 1.54) is 0 Å². The lowest BCUT2D eigenvalue weighted by Crippen LogP contribution is -2.58. The van der Waals surface area contributed by atoms with Crippen LogP contribution in [0.3, 0.4) is 0 Å². The normalized spacial score (nSPS) is 40.1. The molecule has 11 heteroatoms. The van der Waals surface area contributed by atoms with Crippen molar-refractivity contribution in [2.24, 2.45) is 17.8 Å². The zero-order valence-corrected chi connectivity index (χ0v) is 32.0. The van der Waals surface area contributed by atoms with Gasteiger partial charge in [0, 0.05) is 37.9 Å². The second-order valence-corrected chi connectivity index (χ2v) is 15.7. The molecule has 0 radical (unpaired) electrons. The zero-order valence-electron chi connectivity index (χ0n) is 32.0. The molecule has 1 aromatic carbocycles. The Morgan fingerprint density at radius 2 is 1.94 bits per heavy atom. The van der Waals surface area contributed by atoms with Gasteiger partial charge in [0.15, 0.2) is 5.79 Å². The van der Waals surface area contributed by atoms with Gasteiger partial charge in [-0.2, -0.15) is 0 Å². The predicted molar refractivity (Wildman–Crippen MR) is 201 cm³/mol. The fourth-order valence-corrected chi connectivity index (χ4v) is 8.75. The van der Waals surface area contributed by atoms with Gasteiger partial charge in [-0.05, 0) is 79.9 Å². The van der Waals surface area contributed by atoms with Crippen LogP contribution in [0.2, 0.25) is 0 Å². The highest BCUT2D eigenvalue weighted by atomic mass is 16.7. The van der Waals surface area contributed by atoms with Crippen LogP contribution >= 0.6 is 0 Å². The Morgan fingerprint density at radius 3 is 2.72 bits per heavy atom. The minimum Gasteiger partial charge on any atom is -0.462 e. The van der Waals surface area contributed by atoms with Crippen molar-refractivity contribution in [3.63, 3.8) is 0 Å². The minimum absolute atomic E-state index is 0.0369. The second kappa shape index (κ2) is 16.6. The van der Waals surface area contributed by atoms with Gasteiger partial charge in [0.1, 0.15) is 29.8 Å². The van der Waals surface area contributed by atoms with E-state index < -0.39 is 41.6 Å². The number of amides is 2. The molecule has 4 aliphatic heterocycles. The Hall–Kier alpha value is -3.32. The summed E-state index contributed by atoms with van der Waals surface area (Å²) in [5.41, 5.74) is 2.09. The van der Waals surface area contributed by atoms with E-state index >= 15 is 0 Å². The quantitative estimate of drug-likeness (QED) is 0.207. The smallest absolute Gasteiger partial charge is 0.318 e. The molecule has 2 amide bonds. The van der Waals surface area contributed by atoms with Crippen molar-refractivity contribution < 1.29 is 43.5 Å². The van der Waals surface area contributed by atoms with Gasteiger partial charge >= 0.3 is 12.0 Å². The van der Waals surface area contributed by atoms with E-state index in [0.29, 0.717) is 61.5 Å². The molecule has 53 heavy (non-hydrogen) atoms. The van der Waals surface area contributed by atoms with Crippen LogP contribution in [-0.2, 0) is 34.9 Å². The number of hydrogen-bond acceptors (Lipinski definition) is 9. The number of allylic oxidation sites excluding steroid dienone is 2. The Bertz CT molecular complexity index is 1620. The monoisotopic (exact) mass is 734 g/mol. The SMILES string of the molecule is CC[C@H]1O[C@]2(CC[C@@H]1C)C[C@@H]1C[C@@H](C/C=C(\C)[C@H](OCCc3cccc(NC(=O)NC)c3)[C@@H](C)/C=C/C=C3\CO[C@H]4[C@H](O)C(C)=C[C@@H](C(=O)O1)[C@]34O)O2. The molecule has 1 spiro atoms. The van der Waals surface area contributed by atoms with E-state index in [0.717, 1.165) is 24.0 Å². The van der Waals surface area contributed by atoms with Crippen LogP contribution in [0, 0.1) is 17.8 Å². The Morgan fingerprint density at radius 1 is 1.13 bits per heavy atom. The van der Waals surface area contributed by atoms with E-state index in [9.17, 15) is 19.8 Å². The third-order valence-electron chi connectivity index (χ3n) is 11.8. The molecular weight excluding hydrogens is 676 g/mol. The Labute approximate surface area is 313 Å². The third-order valence-corrected chi connectivity index (χ3v) is 11.8. The molecule has 1 aliphatic carbocycles. The minimum atomic E-state index is -1.78. The molecule has 1 aromatic rings. The summed E-state index contributed by atoms with van der Waals surface area (Å²) in [6.07, 6.45) is 11.1. The third kappa shape index (κ3) is 8.50. The molecule has 0 unspecified atom stereocenters. The number of urea groups is 1. The van der Waals surface area contributed by atoms with Crippen molar-refractivity contribution in [2.75, 3.05) is 25.6 Å². The van der Waals surface area contributed by atoms with Crippen molar-refractivity contribution >= 4 is 17.7 Å². The molecular formula is C42H58N2O9. The predicted octanol–water partition coefficient (Wildman–Crippen LogP) is 5.91. The molecule has 3 fully saturated rings. The number of aliphatic hydroxyl groups is 2. The number of benzene rings is 1. The average molecular weight is 735 g/mol. The number of rotatable bonds is 6. The first-order valence-corrected chi connectivity index (χ1v) is 19.4. The summed E-state index contributed by atoms with van der Waals surface area (Å²) < 4.78 is 32.5. The van der Waals surface area contributed by atoms with Crippen LogP contribution in [-0.4, -0.2) is 90.5 Å². The maximum atomic E-state index is 14.2. The second-order valence-electron chi connectivity index (χ2n) is 15.7. The van der Waals surface area contributed by atoms with Crippen molar-refractivity contribution in [2.45, 2.75) is 128 Å². The van der Waals surface area contributed by atoms with E-state index in [4.69, 9.17) is 23.7 Å². The van der Waals surface area contributed by atoms with Crippen molar-refractivity contribution in [1.29, 1.82) is 0 Å². The summed E-state index contributed by atoms with van der Waals surface area (Å²) in [6.45, 7) is 10.8. The lowest BCUT2D eigenvalue weighted by Gasteiger charge is -2.50. The molecule has 0 saturated carbocycles. The van der Waals surface area contributed by atoms with Crippen LogP contribution in [0.25, 0.3) is 0 Å². The highest BCUT2D eigenvalue weighted by molar-refractivity contribution is 5.89. The molecule has 11 atom stereocenters. The van der Waals surface area contributed by atoms with Crippen LogP contribution in [0.1, 0.15) is 78.7 Å². The van der Waals surface area contributed by atoms with Gasteiger partial charge in [-0.25, -0.2) is 4.79 Å². The number of nitrogens with one attached hydrogen (secondary N) is 2. The van der Waals surface area contributed by atoms with Crippen LogP contribution in [0.4, 0.5) is 10.5 Å². The number of aliphatic hydroxyl groups excluding tert-OH is 1. The first-order chi connectivity index (χ1) is 25.4. The molecule has 6 rings (SSSR count). The molecule has 290 valence electrons. The number of fused-ring (bicyclic) bond motifs is 2. The number of ether oxygens (including phenoxy) is 5. The molecule has 5 aliphatic rings. The van der Waals surface area contributed by atoms with Crippen molar-refractivity contribution in [3.8, 4) is 0 Å². The van der Waals surface area contributed by atoms with Crippen molar-refractivity contribution in [1.82, 2.24) is 5.32 Å². The number of hydrogen-bond donors (Lipinski definition) is 4. The summed E-state index contributed by atoms with van der Waals surface area (Å²) in [5, 5.41) is 28.8. The number of carbonyl (C=O) groups is 2. The molecule has 3 saturated heterocycles. The van der Waals surface area contributed by atoms with Gasteiger partial charge < -0.3 is 44.5 Å².